The largest absolute Gasteiger partial charge is 0.452 e. The first-order valence-electron chi connectivity index (χ1n) is 4.77. The Hall–Kier alpha value is -1.24. The Bertz CT molecular complexity index is 510. The highest BCUT2D eigenvalue weighted by atomic mass is 79.9. The lowest BCUT2D eigenvalue weighted by Crippen LogP contribution is -2.28. The lowest BCUT2D eigenvalue weighted by molar-refractivity contribution is 0.435. The zero-order chi connectivity index (χ0) is 12.4. The molecular weight excluding hydrogens is 294 g/mol. The molecule has 17 heavy (non-hydrogen) atoms. The lowest BCUT2D eigenvalue weighted by atomic mass is 10.1. The highest BCUT2D eigenvalue weighted by molar-refractivity contribution is 9.10. The van der Waals surface area contributed by atoms with Gasteiger partial charge in [0.15, 0.2) is 4.67 Å². The van der Waals surface area contributed by atoms with Gasteiger partial charge in [-0.1, -0.05) is 0 Å². The van der Waals surface area contributed by atoms with Crippen molar-refractivity contribution in [3.8, 4) is 0 Å². The van der Waals surface area contributed by atoms with Crippen LogP contribution in [0.25, 0.3) is 0 Å². The maximum atomic E-state index is 13.1. The topological polar surface area (TPSA) is 51.2 Å². The molecule has 90 valence electrons. The molecule has 1 unspecified atom stereocenters. The van der Waals surface area contributed by atoms with Gasteiger partial charge in [0.2, 0.25) is 0 Å². The van der Waals surface area contributed by atoms with Crippen LogP contribution in [0, 0.1) is 11.6 Å². The van der Waals surface area contributed by atoms with Gasteiger partial charge in [0.25, 0.3) is 0 Å². The molecule has 0 spiro atoms. The summed E-state index contributed by atoms with van der Waals surface area (Å²) in [5, 5.41) is 0. The van der Waals surface area contributed by atoms with E-state index in [1.54, 1.807) is 12.1 Å². The number of nitrogens with one attached hydrogen (secondary N) is 1. The molecule has 0 saturated heterocycles. The second-order valence-corrected chi connectivity index (χ2v) is 4.23. The number of hydrogen-bond donors (Lipinski definition) is 2. The molecular formula is C11H9BrF2N2O. The van der Waals surface area contributed by atoms with Gasteiger partial charge in [-0.25, -0.2) is 14.2 Å². The maximum absolute atomic E-state index is 13.1. The van der Waals surface area contributed by atoms with Crippen LogP contribution in [-0.4, -0.2) is 0 Å². The molecule has 0 aliphatic heterocycles. The van der Waals surface area contributed by atoms with Crippen LogP contribution in [0.3, 0.4) is 0 Å². The van der Waals surface area contributed by atoms with Gasteiger partial charge in [-0.3, -0.25) is 5.84 Å². The fourth-order valence-corrected chi connectivity index (χ4v) is 1.89. The van der Waals surface area contributed by atoms with E-state index in [1.807, 2.05) is 0 Å². The van der Waals surface area contributed by atoms with Crippen molar-refractivity contribution in [2.24, 2.45) is 5.84 Å². The van der Waals surface area contributed by atoms with Gasteiger partial charge in [-0.15, -0.1) is 0 Å². The van der Waals surface area contributed by atoms with Gasteiger partial charge in [0.05, 0.1) is 0 Å². The molecule has 0 amide bonds. The summed E-state index contributed by atoms with van der Waals surface area (Å²) >= 11 is 3.15. The minimum atomic E-state index is -0.661. The second-order valence-electron chi connectivity index (χ2n) is 3.44. The standard InChI is InChI=1S/C11H9BrF2N2O/c12-10-2-1-9(17-10)11(16-15)6-3-7(13)5-8(14)4-6/h1-5,11,16H,15H2. The summed E-state index contributed by atoms with van der Waals surface area (Å²) in [6.45, 7) is 0. The highest BCUT2D eigenvalue weighted by Gasteiger charge is 2.17. The molecule has 0 bridgehead atoms. The zero-order valence-corrected chi connectivity index (χ0v) is 10.2. The summed E-state index contributed by atoms with van der Waals surface area (Å²) in [6.07, 6.45) is 0. The van der Waals surface area contributed by atoms with Crippen LogP contribution in [0.4, 0.5) is 8.78 Å². The van der Waals surface area contributed by atoms with Gasteiger partial charge in [-0.2, -0.15) is 0 Å². The van der Waals surface area contributed by atoms with Crippen LogP contribution in [0.5, 0.6) is 0 Å². The molecule has 2 rings (SSSR count). The smallest absolute Gasteiger partial charge is 0.169 e. The number of halogens is 3. The number of benzene rings is 1. The van der Waals surface area contributed by atoms with Gasteiger partial charge in [0.1, 0.15) is 23.4 Å². The van der Waals surface area contributed by atoms with E-state index in [0.717, 1.165) is 6.07 Å². The van der Waals surface area contributed by atoms with Crippen molar-refractivity contribution in [2.45, 2.75) is 6.04 Å². The first-order valence-corrected chi connectivity index (χ1v) is 5.57. The summed E-state index contributed by atoms with van der Waals surface area (Å²) < 4.78 is 32.0. The fourth-order valence-electron chi connectivity index (χ4n) is 1.57. The molecule has 6 heteroatoms. The highest BCUT2D eigenvalue weighted by Crippen LogP contribution is 2.26. The monoisotopic (exact) mass is 302 g/mol. The van der Waals surface area contributed by atoms with Crippen LogP contribution < -0.4 is 11.3 Å². The lowest BCUT2D eigenvalue weighted by Gasteiger charge is -2.13. The summed E-state index contributed by atoms with van der Waals surface area (Å²) in [6, 6.07) is 5.93. The minimum Gasteiger partial charge on any atom is -0.452 e. The Labute approximate surface area is 105 Å². The van der Waals surface area contributed by atoms with Crippen LogP contribution in [0.1, 0.15) is 17.4 Å². The number of hydrazine groups is 1. The molecule has 0 aliphatic rings. The van der Waals surface area contributed by atoms with Crippen molar-refractivity contribution in [1.82, 2.24) is 5.43 Å². The molecule has 1 atom stereocenters. The predicted molar refractivity (Wildman–Crippen MR) is 61.9 cm³/mol. The molecule has 3 nitrogen and oxygen atoms in total. The SMILES string of the molecule is NNC(c1cc(F)cc(F)c1)c1ccc(Br)o1. The molecule has 3 N–H and O–H groups in total. The quantitative estimate of drug-likeness (QED) is 0.677. The van der Waals surface area contributed by atoms with Crippen molar-refractivity contribution in [3.05, 3.63) is 58.0 Å². The van der Waals surface area contributed by atoms with E-state index in [-0.39, 0.29) is 0 Å². The van der Waals surface area contributed by atoms with E-state index in [9.17, 15) is 8.78 Å². The van der Waals surface area contributed by atoms with Crippen LogP contribution in [0.15, 0.2) is 39.4 Å². The molecule has 1 aromatic carbocycles. The Balaban J connectivity index is 2.41. The minimum absolute atomic E-state index is 0.354. The third-order valence-corrected chi connectivity index (χ3v) is 2.69. The number of rotatable bonds is 3. The van der Waals surface area contributed by atoms with E-state index in [1.165, 1.54) is 12.1 Å². The first-order chi connectivity index (χ1) is 8.10. The van der Waals surface area contributed by atoms with Gasteiger partial charge in [-0.05, 0) is 45.8 Å². The first kappa shape index (κ1) is 12.2. The van der Waals surface area contributed by atoms with Crippen molar-refractivity contribution >= 4 is 15.9 Å². The van der Waals surface area contributed by atoms with Crippen molar-refractivity contribution in [1.29, 1.82) is 0 Å². The molecule has 0 aliphatic carbocycles. The van der Waals surface area contributed by atoms with Crippen molar-refractivity contribution < 1.29 is 13.2 Å². The van der Waals surface area contributed by atoms with Crippen LogP contribution >= 0.6 is 15.9 Å². The second kappa shape index (κ2) is 4.95. The molecule has 0 radical (unpaired) electrons. The van der Waals surface area contributed by atoms with E-state index < -0.39 is 17.7 Å². The molecule has 1 aromatic heterocycles. The molecule has 0 saturated carbocycles. The van der Waals surface area contributed by atoms with Gasteiger partial charge >= 0.3 is 0 Å². The fraction of sp³-hybridized carbons (Fsp3) is 0.0909. The van der Waals surface area contributed by atoms with E-state index in [4.69, 9.17) is 10.3 Å². The maximum Gasteiger partial charge on any atom is 0.169 e. The van der Waals surface area contributed by atoms with Crippen molar-refractivity contribution in [3.63, 3.8) is 0 Å². The Morgan fingerprint density at radius 3 is 2.29 bits per heavy atom. The summed E-state index contributed by atoms with van der Waals surface area (Å²) in [5.74, 6) is 4.52. The molecule has 0 fully saturated rings. The molecule has 1 heterocycles. The number of furan rings is 1. The average molecular weight is 303 g/mol. The third-order valence-electron chi connectivity index (χ3n) is 2.26. The van der Waals surface area contributed by atoms with Crippen LogP contribution in [0.2, 0.25) is 0 Å². The summed E-state index contributed by atoms with van der Waals surface area (Å²) in [7, 11) is 0. The number of hydrogen-bond acceptors (Lipinski definition) is 3. The number of nitrogens with two attached hydrogens (primary N) is 1. The van der Waals surface area contributed by atoms with Gasteiger partial charge < -0.3 is 4.42 Å². The average Bonchev–Trinajstić information content (AvgIpc) is 2.64. The van der Waals surface area contributed by atoms with Crippen LogP contribution in [-0.2, 0) is 0 Å². The third kappa shape index (κ3) is 2.71. The molecule has 2 aromatic rings. The Kier molecular flexibility index (Phi) is 3.56. The predicted octanol–water partition coefficient (Wildman–Crippen LogP) is 2.87. The van der Waals surface area contributed by atoms with Crippen molar-refractivity contribution in [2.75, 3.05) is 0 Å². The van der Waals surface area contributed by atoms with E-state index >= 15 is 0 Å². The van der Waals surface area contributed by atoms with E-state index in [0.29, 0.717) is 16.0 Å². The Morgan fingerprint density at radius 2 is 1.82 bits per heavy atom. The normalized spacial score (nSPS) is 12.7. The van der Waals surface area contributed by atoms with E-state index in [2.05, 4.69) is 21.4 Å². The Morgan fingerprint density at radius 1 is 1.18 bits per heavy atom. The summed E-state index contributed by atoms with van der Waals surface area (Å²) in [4.78, 5) is 0. The zero-order valence-electron chi connectivity index (χ0n) is 8.58. The summed E-state index contributed by atoms with van der Waals surface area (Å²) in [5.41, 5.74) is 2.81. The van der Waals surface area contributed by atoms with Gasteiger partial charge in [0, 0.05) is 6.07 Å².